The van der Waals surface area contributed by atoms with Gasteiger partial charge in [-0.05, 0) is 32.6 Å². The number of rotatable bonds is 3. The molecule has 2 N–H and O–H groups in total. The van der Waals surface area contributed by atoms with Gasteiger partial charge >= 0.3 is 0 Å². The van der Waals surface area contributed by atoms with E-state index in [0.29, 0.717) is 23.7 Å². The number of carbonyl (C=O) groups excluding carboxylic acids is 1. The lowest BCUT2D eigenvalue weighted by atomic mass is 9.99. The lowest BCUT2D eigenvalue weighted by Crippen LogP contribution is -2.47. The van der Waals surface area contributed by atoms with Gasteiger partial charge in [0, 0.05) is 30.9 Å². The molecule has 3 heterocycles. The summed E-state index contributed by atoms with van der Waals surface area (Å²) in [5.74, 6) is 0.0148. The molecule has 0 saturated carbocycles. The SMILES string of the molecule is CCn1cc(C(=O)NC2CC3CCC(C2)N3)cn1. The molecule has 0 aliphatic carbocycles. The number of aryl methyl sites for hydroxylation is 1. The van der Waals surface area contributed by atoms with E-state index in [2.05, 4.69) is 15.7 Å². The Morgan fingerprint density at radius 2 is 2.22 bits per heavy atom. The van der Waals surface area contributed by atoms with Gasteiger partial charge in [0.25, 0.3) is 5.91 Å². The molecule has 5 heteroatoms. The molecule has 2 unspecified atom stereocenters. The molecule has 2 aliphatic rings. The summed E-state index contributed by atoms with van der Waals surface area (Å²) in [5.41, 5.74) is 0.669. The van der Waals surface area contributed by atoms with Crippen LogP contribution in [0, 0.1) is 0 Å². The number of nitrogens with zero attached hydrogens (tertiary/aromatic N) is 2. The maximum atomic E-state index is 12.1. The van der Waals surface area contributed by atoms with Crippen LogP contribution in [0.25, 0.3) is 0 Å². The van der Waals surface area contributed by atoms with E-state index in [9.17, 15) is 4.79 Å². The van der Waals surface area contributed by atoms with Crippen LogP contribution in [0.1, 0.15) is 43.0 Å². The van der Waals surface area contributed by atoms with Gasteiger partial charge in [0.15, 0.2) is 0 Å². The number of piperidine rings is 1. The second-order valence-corrected chi connectivity index (χ2v) is 5.36. The van der Waals surface area contributed by atoms with Crippen LogP contribution in [0.2, 0.25) is 0 Å². The third-order valence-electron chi connectivity index (χ3n) is 4.03. The summed E-state index contributed by atoms with van der Waals surface area (Å²) < 4.78 is 1.78. The molecule has 5 nitrogen and oxygen atoms in total. The van der Waals surface area contributed by atoms with Crippen LogP contribution in [0.5, 0.6) is 0 Å². The van der Waals surface area contributed by atoms with Crippen molar-refractivity contribution in [1.82, 2.24) is 20.4 Å². The van der Waals surface area contributed by atoms with Crippen molar-refractivity contribution in [2.45, 2.75) is 57.3 Å². The van der Waals surface area contributed by atoms with Gasteiger partial charge in [0.2, 0.25) is 0 Å². The maximum absolute atomic E-state index is 12.1. The van der Waals surface area contributed by atoms with Crippen LogP contribution < -0.4 is 10.6 Å². The number of hydrogen-bond donors (Lipinski definition) is 2. The summed E-state index contributed by atoms with van der Waals surface area (Å²) in [4.78, 5) is 12.1. The Hall–Kier alpha value is -1.36. The van der Waals surface area contributed by atoms with Crippen LogP contribution in [-0.2, 0) is 6.54 Å². The Bertz CT molecular complexity index is 430. The second-order valence-electron chi connectivity index (χ2n) is 5.36. The summed E-state index contributed by atoms with van der Waals surface area (Å²) in [6, 6.07) is 1.53. The molecule has 2 aliphatic heterocycles. The van der Waals surface area contributed by atoms with E-state index >= 15 is 0 Å². The van der Waals surface area contributed by atoms with Crippen molar-refractivity contribution in [3.8, 4) is 0 Å². The fraction of sp³-hybridized carbons (Fsp3) is 0.692. The number of aromatic nitrogens is 2. The van der Waals surface area contributed by atoms with Crippen molar-refractivity contribution < 1.29 is 4.79 Å². The molecule has 2 bridgehead atoms. The minimum atomic E-state index is 0.0148. The largest absolute Gasteiger partial charge is 0.349 e. The van der Waals surface area contributed by atoms with E-state index in [1.165, 1.54) is 12.8 Å². The average Bonchev–Trinajstić information content (AvgIpc) is 2.96. The van der Waals surface area contributed by atoms with Gasteiger partial charge in [-0.15, -0.1) is 0 Å². The Kier molecular flexibility index (Phi) is 3.07. The molecule has 1 amide bonds. The maximum Gasteiger partial charge on any atom is 0.254 e. The van der Waals surface area contributed by atoms with Crippen molar-refractivity contribution >= 4 is 5.91 Å². The third-order valence-corrected chi connectivity index (χ3v) is 4.03. The Morgan fingerprint density at radius 1 is 1.50 bits per heavy atom. The molecule has 1 aromatic rings. The predicted octanol–water partition coefficient (Wildman–Crippen LogP) is 0.916. The first-order chi connectivity index (χ1) is 8.74. The van der Waals surface area contributed by atoms with E-state index < -0.39 is 0 Å². The Labute approximate surface area is 107 Å². The van der Waals surface area contributed by atoms with E-state index in [1.54, 1.807) is 10.9 Å². The average molecular weight is 248 g/mol. The standard InChI is InChI=1S/C13H20N4O/c1-2-17-8-9(7-14-17)13(18)16-12-5-10-3-4-11(6-12)15-10/h7-8,10-12,15H,2-6H2,1H3,(H,16,18). The smallest absolute Gasteiger partial charge is 0.254 e. The zero-order valence-electron chi connectivity index (χ0n) is 10.7. The summed E-state index contributed by atoms with van der Waals surface area (Å²) in [6.07, 6.45) is 8.09. The van der Waals surface area contributed by atoms with Crippen molar-refractivity contribution in [3.63, 3.8) is 0 Å². The minimum absolute atomic E-state index is 0.0148. The number of fused-ring (bicyclic) bond motifs is 2. The summed E-state index contributed by atoms with van der Waals surface area (Å²) in [5, 5.41) is 10.9. The lowest BCUT2D eigenvalue weighted by Gasteiger charge is -2.29. The molecule has 2 saturated heterocycles. The van der Waals surface area contributed by atoms with Crippen molar-refractivity contribution in [2.24, 2.45) is 0 Å². The van der Waals surface area contributed by atoms with E-state index in [-0.39, 0.29) is 5.91 Å². The second kappa shape index (κ2) is 4.72. The molecular formula is C13H20N4O. The Balaban J connectivity index is 1.60. The van der Waals surface area contributed by atoms with Gasteiger partial charge in [-0.3, -0.25) is 9.48 Å². The van der Waals surface area contributed by atoms with Gasteiger partial charge in [0.1, 0.15) is 0 Å². The highest BCUT2D eigenvalue weighted by atomic mass is 16.1. The monoisotopic (exact) mass is 248 g/mol. The normalized spacial score (nSPS) is 30.4. The van der Waals surface area contributed by atoms with Gasteiger partial charge in [0.05, 0.1) is 11.8 Å². The fourth-order valence-electron chi connectivity index (χ4n) is 3.10. The zero-order valence-corrected chi connectivity index (χ0v) is 10.7. The number of nitrogens with one attached hydrogen (secondary N) is 2. The first-order valence-corrected chi connectivity index (χ1v) is 6.84. The molecule has 3 rings (SSSR count). The molecular weight excluding hydrogens is 228 g/mol. The highest BCUT2D eigenvalue weighted by molar-refractivity contribution is 5.93. The molecule has 18 heavy (non-hydrogen) atoms. The van der Waals surface area contributed by atoms with Crippen LogP contribution >= 0.6 is 0 Å². The number of amides is 1. The van der Waals surface area contributed by atoms with Crippen molar-refractivity contribution in [1.29, 1.82) is 0 Å². The molecule has 0 aromatic carbocycles. The van der Waals surface area contributed by atoms with Gasteiger partial charge in [-0.25, -0.2) is 0 Å². The van der Waals surface area contributed by atoms with Crippen molar-refractivity contribution in [3.05, 3.63) is 18.0 Å². The van der Waals surface area contributed by atoms with Gasteiger partial charge in [-0.2, -0.15) is 5.10 Å². The van der Waals surface area contributed by atoms with E-state index in [1.807, 2.05) is 13.1 Å². The Morgan fingerprint density at radius 3 is 2.83 bits per heavy atom. The first kappa shape index (κ1) is 11.7. The molecule has 0 spiro atoms. The van der Waals surface area contributed by atoms with E-state index in [0.717, 1.165) is 19.4 Å². The summed E-state index contributed by atoms with van der Waals surface area (Å²) >= 11 is 0. The van der Waals surface area contributed by atoms with Crippen LogP contribution in [0.15, 0.2) is 12.4 Å². The minimum Gasteiger partial charge on any atom is -0.349 e. The van der Waals surface area contributed by atoms with Gasteiger partial charge < -0.3 is 10.6 Å². The topological polar surface area (TPSA) is 59.0 Å². The lowest BCUT2D eigenvalue weighted by molar-refractivity contribution is 0.0924. The molecule has 2 fully saturated rings. The molecule has 98 valence electrons. The summed E-state index contributed by atoms with van der Waals surface area (Å²) in [6.45, 7) is 2.81. The highest BCUT2D eigenvalue weighted by Gasteiger charge is 2.34. The van der Waals surface area contributed by atoms with Crippen LogP contribution in [0.4, 0.5) is 0 Å². The zero-order chi connectivity index (χ0) is 12.5. The fourth-order valence-corrected chi connectivity index (χ4v) is 3.10. The summed E-state index contributed by atoms with van der Waals surface area (Å²) in [7, 11) is 0. The molecule has 2 atom stereocenters. The van der Waals surface area contributed by atoms with Crippen LogP contribution in [0.3, 0.4) is 0 Å². The quantitative estimate of drug-likeness (QED) is 0.836. The van der Waals surface area contributed by atoms with E-state index in [4.69, 9.17) is 0 Å². The third kappa shape index (κ3) is 2.27. The number of hydrogen-bond acceptors (Lipinski definition) is 3. The van der Waals surface area contributed by atoms with Crippen molar-refractivity contribution in [2.75, 3.05) is 0 Å². The number of carbonyl (C=O) groups is 1. The highest BCUT2D eigenvalue weighted by Crippen LogP contribution is 2.26. The van der Waals surface area contributed by atoms with Gasteiger partial charge in [-0.1, -0.05) is 0 Å². The molecule has 1 aromatic heterocycles. The molecule has 0 radical (unpaired) electrons. The first-order valence-electron chi connectivity index (χ1n) is 6.84. The predicted molar refractivity (Wildman–Crippen MR) is 68.3 cm³/mol. The van der Waals surface area contributed by atoms with Crippen LogP contribution in [-0.4, -0.2) is 33.8 Å².